The predicted molar refractivity (Wildman–Crippen MR) is 142 cm³/mol. The summed E-state index contributed by atoms with van der Waals surface area (Å²) in [5.41, 5.74) is 10.4. The van der Waals surface area contributed by atoms with Gasteiger partial charge in [-0.05, 0) is 36.2 Å². The van der Waals surface area contributed by atoms with E-state index in [1.165, 1.54) is 6.20 Å². The van der Waals surface area contributed by atoms with Gasteiger partial charge in [0.15, 0.2) is 5.84 Å². The van der Waals surface area contributed by atoms with E-state index in [4.69, 9.17) is 11.6 Å². The van der Waals surface area contributed by atoms with Crippen molar-refractivity contribution in [1.82, 2.24) is 24.9 Å². The second kappa shape index (κ2) is 12.9. The number of benzene rings is 1. The number of fused-ring (bicyclic) bond motifs is 1. The number of hydrogen-bond acceptors (Lipinski definition) is 7. The smallest absolute Gasteiger partial charge is 0.382 e. The quantitative estimate of drug-likeness (QED) is 0.0823. The number of amidine groups is 1. The summed E-state index contributed by atoms with van der Waals surface area (Å²) in [4.78, 5) is 13.1. The molecule has 4 aromatic rings. The maximum atomic E-state index is 13.1. The topological polar surface area (TPSA) is 152 Å². The number of aromatic nitrogens is 4. The number of hydrogen-bond donors (Lipinski definition) is 4. The number of aryl methyl sites for hydroxylation is 1. The SMILES string of the molecule is CC.Cc1ccc(/C(N)=N/N(N)CCOCC(F)(F)F)cc1NC(=O)c1cnn2ccc(-c3cn[nH]c3)cc12. The standard InChI is InChI=1S/C23H24F3N9O2.C2H6/c1-14-2-3-16(21(27)33-35(28)6-7-37-13-23(24,25)26)8-19(14)32-22(36)18-12-31-34-5-4-15(9-20(18)34)17-10-29-30-11-17;1-2/h2-5,8-12H,6-7,13,28H2,1H3,(H2,27,33)(H,29,30)(H,32,36);1-2H3. The summed E-state index contributed by atoms with van der Waals surface area (Å²) < 4.78 is 42.6. The third-order valence-corrected chi connectivity index (χ3v) is 5.35. The van der Waals surface area contributed by atoms with Crippen molar-refractivity contribution in [1.29, 1.82) is 0 Å². The molecule has 0 saturated heterocycles. The Morgan fingerprint density at radius 2 is 1.97 bits per heavy atom. The van der Waals surface area contributed by atoms with Gasteiger partial charge in [-0.2, -0.15) is 23.4 Å². The number of alkyl halides is 3. The van der Waals surface area contributed by atoms with Crippen LogP contribution in [0.25, 0.3) is 16.6 Å². The molecular weight excluding hydrogens is 515 g/mol. The van der Waals surface area contributed by atoms with E-state index in [9.17, 15) is 18.0 Å². The highest BCUT2D eigenvalue weighted by Gasteiger charge is 2.27. The molecule has 39 heavy (non-hydrogen) atoms. The molecule has 208 valence electrons. The molecule has 0 aliphatic rings. The van der Waals surface area contributed by atoms with E-state index in [0.29, 0.717) is 22.3 Å². The van der Waals surface area contributed by atoms with Gasteiger partial charge in [-0.3, -0.25) is 9.89 Å². The lowest BCUT2D eigenvalue weighted by atomic mass is 10.1. The first-order valence-corrected chi connectivity index (χ1v) is 12.0. The van der Waals surface area contributed by atoms with Gasteiger partial charge in [-0.15, -0.1) is 5.10 Å². The van der Waals surface area contributed by atoms with Crippen molar-refractivity contribution in [3.63, 3.8) is 0 Å². The second-order valence-electron chi connectivity index (χ2n) is 8.09. The third-order valence-electron chi connectivity index (χ3n) is 5.35. The normalized spacial score (nSPS) is 11.7. The maximum Gasteiger partial charge on any atom is 0.411 e. The number of anilines is 1. The number of carbonyl (C=O) groups excluding carboxylic acids is 1. The van der Waals surface area contributed by atoms with Gasteiger partial charge in [0.2, 0.25) is 0 Å². The molecule has 0 fully saturated rings. The zero-order valence-electron chi connectivity index (χ0n) is 21.7. The molecule has 4 rings (SSSR count). The first kappa shape index (κ1) is 29.1. The van der Waals surface area contributed by atoms with E-state index in [2.05, 4.69) is 30.5 Å². The fraction of sp³-hybridized carbons (Fsp3) is 0.280. The molecule has 1 amide bonds. The lowest BCUT2D eigenvalue weighted by molar-refractivity contribution is -0.174. The lowest BCUT2D eigenvalue weighted by Crippen LogP contribution is -2.33. The molecule has 0 bridgehead atoms. The van der Waals surface area contributed by atoms with Crippen molar-refractivity contribution in [2.24, 2.45) is 16.7 Å². The Hall–Kier alpha value is -4.43. The number of H-pyrrole nitrogens is 1. The molecule has 1 aromatic carbocycles. The minimum Gasteiger partial charge on any atom is -0.382 e. The number of nitrogens with one attached hydrogen (secondary N) is 2. The summed E-state index contributed by atoms with van der Waals surface area (Å²) in [6, 6.07) is 8.77. The Kier molecular flexibility index (Phi) is 9.62. The van der Waals surface area contributed by atoms with Crippen molar-refractivity contribution < 1.29 is 22.7 Å². The number of pyridine rings is 1. The zero-order chi connectivity index (χ0) is 28.6. The summed E-state index contributed by atoms with van der Waals surface area (Å²) in [6.45, 7) is 4.04. The van der Waals surface area contributed by atoms with Gasteiger partial charge in [0, 0.05) is 29.2 Å². The average Bonchev–Trinajstić information content (AvgIpc) is 3.58. The second-order valence-corrected chi connectivity index (χ2v) is 8.09. The number of rotatable bonds is 9. The first-order chi connectivity index (χ1) is 18.6. The number of carbonyl (C=O) groups is 1. The van der Waals surface area contributed by atoms with Gasteiger partial charge in [0.05, 0.1) is 36.6 Å². The molecule has 3 aromatic heterocycles. The monoisotopic (exact) mass is 545 g/mol. The summed E-state index contributed by atoms with van der Waals surface area (Å²) in [5.74, 6) is 5.33. The Morgan fingerprint density at radius 3 is 2.67 bits per heavy atom. The number of hydrazone groups is 1. The molecule has 14 heteroatoms. The van der Waals surface area contributed by atoms with Crippen LogP contribution in [0.2, 0.25) is 0 Å². The molecule has 3 heterocycles. The molecule has 6 N–H and O–H groups in total. The van der Waals surface area contributed by atoms with Gasteiger partial charge in [-0.1, -0.05) is 26.0 Å². The van der Waals surface area contributed by atoms with Crippen LogP contribution in [0.1, 0.15) is 35.3 Å². The van der Waals surface area contributed by atoms with Gasteiger partial charge < -0.3 is 15.8 Å². The number of aromatic amines is 1. The van der Waals surface area contributed by atoms with E-state index >= 15 is 0 Å². The van der Waals surface area contributed by atoms with E-state index in [-0.39, 0.29) is 24.9 Å². The number of nitrogens with two attached hydrogens (primary N) is 2. The van der Waals surface area contributed by atoms with Crippen molar-refractivity contribution in [3.05, 3.63) is 71.8 Å². The zero-order valence-corrected chi connectivity index (χ0v) is 21.7. The van der Waals surface area contributed by atoms with Gasteiger partial charge >= 0.3 is 6.18 Å². The minimum absolute atomic E-state index is 0.00885. The highest BCUT2D eigenvalue weighted by Crippen LogP contribution is 2.23. The molecule has 0 unspecified atom stereocenters. The van der Waals surface area contributed by atoms with E-state index in [0.717, 1.165) is 21.8 Å². The summed E-state index contributed by atoms with van der Waals surface area (Å²) in [5, 5.41) is 18.7. The number of halogens is 3. The fourth-order valence-corrected chi connectivity index (χ4v) is 3.44. The summed E-state index contributed by atoms with van der Waals surface area (Å²) in [7, 11) is 0. The molecule has 0 saturated carbocycles. The van der Waals surface area contributed by atoms with Crippen LogP contribution in [0.5, 0.6) is 0 Å². The van der Waals surface area contributed by atoms with Crippen molar-refractivity contribution in [2.45, 2.75) is 26.9 Å². The fourth-order valence-electron chi connectivity index (χ4n) is 3.44. The van der Waals surface area contributed by atoms with Crippen LogP contribution in [0.15, 0.2) is 60.2 Å². The van der Waals surface area contributed by atoms with Crippen LogP contribution in [0.4, 0.5) is 18.9 Å². The van der Waals surface area contributed by atoms with Crippen LogP contribution < -0.4 is 16.9 Å². The van der Waals surface area contributed by atoms with Gasteiger partial charge in [0.1, 0.15) is 6.61 Å². The van der Waals surface area contributed by atoms with E-state index in [1.807, 2.05) is 32.9 Å². The van der Waals surface area contributed by atoms with Crippen LogP contribution >= 0.6 is 0 Å². The average molecular weight is 546 g/mol. The van der Waals surface area contributed by atoms with Crippen LogP contribution in [0.3, 0.4) is 0 Å². The first-order valence-electron chi connectivity index (χ1n) is 12.0. The van der Waals surface area contributed by atoms with Crippen molar-refractivity contribution in [2.75, 3.05) is 25.1 Å². The Labute approximate surface area is 222 Å². The molecule has 0 atom stereocenters. The van der Waals surface area contributed by atoms with Crippen LogP contribution in [-0.4, -0.2) is 62.6 Å². The minimum atomic E-state index is -4.42. The molecule has 0 aliphatic heterocycles. The maximum absolute atomic E-state index is 13.1. The van der Waals surface area contributed by atoms with Crippen molar-refractivity contribution in [3.8, 4) is 11.1 Å². The molecule has 0 radical (unpaired) electrons. The number of amides is 1. The van der Waals surface area contributed by atoms with Gasteiger partial charge in [0.25, 0.3) is 5.91 Å². The third kappa shape index (κ3) is 7.78. The van der Waals surface area contributed by atoms with Crippen LogP contribution in [-0.2, 0) is 4.74 Å². The van der Waals surface area contributed by atoms with Crippen LogP contribution in [0, 0.1) is 6.92 Å². The Balaban J connectivity index is 0.00000205. The summed E-state index contributed by atoms with van der Waals surface area (Å²) >= 11 is 0. The molecule has 0 spiro atoms. The molecule has 11 nitrogen and oxygen atoms in total. The predicted octanol–water partition coefficient (Wildman–Crippen LogP) is 3.69. The number of ether oxygens (including phenoxy) is 1. The highest BCUT2D eigenvalue weighted by atomic mass is 19.4. The molecule has 0 aliphatic carbocycles. The largest absolute Gasteiger partial charge is 0.411 e. The number of hydrazine groups is 1. The van der Waals surface area contributed by atoms with Gasteiger partial charge in [-0.25, -0.2) is 15.5 Å². The Bertz CT molecular complexity index is 1420. The lowest BCUT2D eigenvalue weighted by Gasteiger charge is -2.15. The highest BCUT2D eigenvalue weighted by molar-refractivity contribution is 6.10. The van der Waals surface area contributed by atoms with Crippen molar-refractivity contribution >= 4 is 22.9 Å². The van der Waals surface area contributed by atoms with E-state index < -0.39 is 12.8 Å². The molecular formula is C25H30F3N9O2. The summed E-state index contributed by atoms with van der Waals surface area (Å²) in [6.07, 6.45) is 2.24. The van der Waals surface area contributed by atoms with E-state index in [1.54, 1.807) is 41.3 Å². The number of nitrogens with zero attached hydrogens (tertiary/aromatic N) is 5. The Morgan fingerprint density at radius 1 is 1.21 bits per heavy atom.